The van der Waals surface area contributed by atoms with E-state index >= 15 is 0 Å². The zero-order chi connectivity index (χ0) is 34.6. The highest BCUT2D eigenvalue weighted by Crippen LogP contribution is 2.42. The third-order valence-corrected chi connectivity index (χ3v) is 9.30. The predicted molar refractivity (Wildman–Crippen MR) is 201 cm³/mol. The Kier molecular flexibility index (Phi) is 7.06. The van der Waals surface area contributed by atoms with Crippen molar-refractivity contribution in [3.63, 3.8) is 0 Å². The second kappa shape index (κ2) is 11.9. The Morgan fingerprint density at radius 3 is 1.55 bits per heavy atom. The van der Waals surface area contributed by atoms with Gasteiger partial charge in [0.25, 0.3) is 0 Å². The van der Waals surface area contributed by atoms with Gasteiger partial charge in [-0.25, -0.2) is 4.98 Å². The molecule has 3 heterocycles. The van der Waals surface area contributed by atoms with Crippen molar-refractivity contribution in [2.45, 2.75) is 0 Å². The summed E-state index contributed by atoms with van der Waals surface area (Å²) in [6, 6.07) is 42.1. The van der Waals surface area contributed by atoms with Crippen LogP contribution < -0.4 is 14.2 Å². The number of ether oxygens (including phenoxy) is 3. The second-order valence-electron chi connectivity index (χ2n) is 12.2. The lowest BCUT2D eigenvalue weighted by atomic mass is 10.1. The van der Waals surface area contributed by atoms with Crippen molar-refractivity contribution in [2.75, 3.05) is 21.3 Å². The SMILES string of the molecule is COc1cc(O)cc(-c2nc(-c3cc(OC)cc(OC)c3)nc(-n3c4ccccc4c4ccc5c6ccccc6n(-c6ccccc6)c5c43)n2)c1. The van der Waals surface area contributed by atoms with Crippen molar-refractivity contribution in [1.29, 1.82) is 0 Å². The van der Waals surface area contributed by atoms with Crippen LogP contribution in [0.3, 0.4) is 0 Å². The fourth-order valence-electron chi connectivity index (χ4n) is 7.04. The standard InChI is InChI=1S/C42H31N5O4/c1-49-29-20-25(19-28(48)23-29)40-43-41(26-21-30(50-2)24-31(22-26)51-3)45-42(44-40)47-37-16-10-8-14-33(37)35-18-17-34-32-13-7-9-15-36(32)46(38(34)39(35)47)27-11-5-4-6-12-27/h4-24,48H,1-3H3. The fraction of sp³-hybridized carbons (Fsp3) is 0.0714. The smallest absolute Gasteiger partial charge is 0.238 e. The molecule has 0 saturated carbocycles. The van der Waals surface area contributed by atoms with Crippen LogP contribution in [-0.4, -0.2) is 50.5 Å². The van der Waals surface area contributed by atoms with Crippen LogP contribution in [0.2, 0.25) is 0 Å². The molecule has 0 spiro atoms. The monoisotopic (exact) mass is 669 g/mol. The highest BCUT2D eigenvalue weighted by Gasteiger charge is 2.24. The van der Waals surface area contributed by atoms with E-state index in [1.807, 2.05) is 24.3 Å². The van der Waals surface area contributed by atoms with Crippen molar-refractivity contribution in [2.24, 2.45) is 0 Å². The molecule has 0 aliphatic carbocycles. The second-order valence-corrected chi connectivity index (χ2v) is 12.2. The summed E-state index contributed by atoms with van der Waals surface area (Å²) in [5.74, 6) is 2.85. The van der Waals surface area contributed by atoms with E-state index in [0.29, 0.717) is 46.0 Å². The minimum absolute atomic E-state index is 0.0295. The summed E-state index contributed by atoms with van der Waals surface area (Å²) in [5, 5.41) is 15.0. The quantitative estimate of drug-likeness (QED) is 0.181. The molecule has 0 aliphatic rings. The Labute approximate surface area is 292 Å². The van der Waals surface area contributed by atoms with E-state index in [4.69, 9.17) is 29.2 Å². The van der Waals surface area contributed by atoms with Crippen LogP contribution in [-0.2, 0) is 0 Å². The molecule has 0 fully saturated rings. The van der Waals surface area contributed by atoms with Gasteiger partial charge in [-0.1, -0.05) is 66.7 Å². The van der Waals surface area contributed by atoms with Crippen LogP contribution in [0.5, 0.6) is 23.0 Å². The number of aromatic hydroxyl groups is 1. The first-order chi connectivity index (χ1) is 25.0. The molecular formula is C42H31N5O4. The largest absolute Gasteiger partial charge is 0.508 e. The number of hydrogen-bond donors (Lipinski definition) is 1. The molecule has 9 nitrogen and oxygen atoms in total. The number of nitrogens with zero attached hydrogens (tertiary/aromatic N) is 5. The number of fused-ring (bicyclic) bond motifs is 7. The molecule has 0 atom stereocenters. The molecule has 0 amide bonds. The summed E-state index contributed by atoms with van der Waals surface area (Å²) in [4.78, 5) is 15.3. The van der Waals surface area contributed by atoms with Gasteiger partial charge >= 0.3 is 0 Å². The maximum Gasteiger partial charge on any atom is 0.238 e. The van der Waals surface area contributed by atoms with Crippen LogP contribution in [0.15, 0.2) is 127 Å². The summed E-state index contributed by atoms with van der Waals surface area (Å²) >= 11 is 0. The average Bonchev–Trinajstić information content (AvgIpc) is 3.70. The van der Waals surface area contributed by atoms with E-state index in [2.05, 4.69) is 88.0 Å². The first-order valence-corrected chi connectivity index (χ1v) is 16.4. The van der Waals surface area contributed by atoms with Crippen molar-refractivity contribution in [1.82, 2.24) is 24.1 Å². The number of para-hydroxylation sites is 3. The maximum absolute atomic E-state index is 10.7. The van der Waals surface area contributed by atoms with E-state index in [-0.39, 0.29) is 5.75 Å². The number of rotatable bonds is 7. The molecule has 1 N–H and O–H groups in total. The number of aromatic nitrogens is 5. The minimum atomic E-state index is 0.0295. The van der Waals surface area contributed by atoms with E-state index in [1.54, 1.807) is 45.6 Å². The Morgan fingerprint density at radius 1 is 0.471 bits per heavy atom. The highest BCUT2D eigenvalue weighted by atomic mass is 16.5. The zero-order valence-electron chi connectivity index (χ0n) is 28.0. The van der Waals surface area contributed by atoms with Gasteiger partial charge in [-0.05, 0) is 48.5 Å². The minimum Gasteiger partial charge on any atom is -0.508 e. The molecule has 0 unspecified atom stereocenters. The lowest BCUT2D eigenvalue weighted by molar-refractivity contribution is 0.394. The first kappa shape index (κ1) is 30.2. The normalized spacial score (nSPS) is 11.5. The summed E-state index contributed by atoms with van der Waals surface area (Å²) in [6.07, 6.45) is 0. The maximum atomic E-state index is 10.7. The summed E-state index contributed by atoms with van der Waals surface area (Å²) < 4.78 is 21.2. The van der Waals surface area contributed by atoms with Crippen molar-refractivity contribution in [3.8, 4) is 57.4 Å². The van der Waals surface area contributed by atoms with Gasteiger partial charge in [0.15, 0.2) is 11.6 Å². The third kappa shape index (κ3) is 4.89. The first-order valence-electron chi connectivity index (χ1n) is 16.4. The molecule has 9 heteroatoms. The predicted octanol–water partition coefficient (Wildman–Crippen LogP) is 9.13. The number of phenols is 1. The van der Waals surface area contributed by atoms with Gasteiger partial charge < -0.3 is 23.9 Å². The molecule has 0 saturated heterocycles. The van der Waals surface area contributed by atoms with Gasteiger partial charge in [0, 0.05) is 50.5 Å². The van der Waals surface area contributed by atoms with E-state index in [9.17, 15) is 5.11 Å². The topological polar surface area (TPSA) is 96.5 Å². The molecule has 6 aromatic carbocycles. The van der Waals surface area contributed by atoms with Crippen molar-refractivity contribution in [3.05, 3.63) is 127 Å². The number of hydrogen-bond acceptors (Lipinski definition) is 7. The van der Waals surface area contributed by atoms with Crippen LogP contribution in [0.25, 0.3) is 78.0 Å². The van der Waals surface area contributed by atoms with Gasteiger partial charge in [-0.3, -0.25) is 4.57 Å². The molecule has 9 rings (SSSR count). The Balaban J connectivity index is 1.45. The van der Waals surface area contributed by atoms with Crippen LogP contribution >= 0.6 is 0 Å². The van der Waals surface area contributed by atoms with E-state index in [1.165, 1.54) is 0 Å². The average molecular weight is 670 g/mol. The Morgan fingerprint density at radius 2 is 0.961 bits per heavy atom. The third-order valence-electron chi connectivity index (χ3n) is 9.30. The van der Waals surface area contributed by atoms with E-state index < -0.39 is 0 Å². The molecule has 0 radical (unpaired) electrons. The molecule has 0 bridgehead atoms. The summed E-state index contributed by atoms with van der Waals surface area (Å²) in [5.41, 5.74) is 6.29. The van der Waals surface area contributed by atoms with Crippen LogP contribution in [0, 0.1) is 0 Å². The highest BCUT2D eigenvalue weighted by molar-refractivity contribution is 6.23. The lowest BCUT2D eigenvalue weighted by Crippen LogP contribution is -2.07. The van der Waals surface area contributed by atoms with Gasteiger partial charge in [0.05, 0.1) is 43.4 Å². The van der Waals surface area contributed by atoms with Crippen molar-refractivity contribution >= 4 is 43.6 Å². The lowest BCUT2D eigenvalue weighted by Gasteiger charge is -2.14. The van der Waals surface area contributed by atoms with Crippen molar-refractivity contribution < 1.29 is 19.3 Å². The molecule has 9 aromatic rings. The van der Waals surface area contributed by atoms with Crippen LogP contribution in [0.4, 0.5) is 0 Å². The molecule has 248 valence electrons. The Bertz CT molecular complexity index is 2770. The Hall–Kier alpha value is -6.87. The van der Waals surface area contributed by atoms with Gasteiger partial charge in [0.2, 0.25) is 5.95 Å². The number of phenolic OH excluding ortho intramolecular Hbond substituents is 1. The van der Waals surface area contributed by atoms with Gasteiger partial charge in [-0.2, -0.15) is 9.97 Å². The van der Waals surface area contributed by atoms with Gasteiger partial charge in [0.1, 0.15) is 23.0 Å². The van der Waals surface area contributed by atoms with E-state index in [0.717, 1.165) is 49.3 Å². The summed E-state index contributed by atoms with van der Waals surface area (Å²) in [7, 11) is 4.77. The van der Waals surface area contributed by atoms with Crippen LogP contribution in [0.1, 0.15) is 0 Å². The molecule has 51 heavy (non-hydrogen) atoms. The molecule has 3 aromatic heterocycles. The summed E-state index contributed by atoms with van der Waals surface area (Å²) in [6.45, 7) is 0. The molecule has 0 aliphatic heterocycles. The van der Waals surface area contributed by atoms with Gasteiger partial charge in [-0.15, -0.1) is 0 Å². The number of methoxy groups -OCH3 is 3. The fourth-order valence-corrected chi connectivity index (χ4v) is 7.04. The number of benzene rings is 6. The zero-order valence-corrected chi connectivity index (χ0v) is 28.0. The molecular weight excluding hydrogens is 638 g/mol.